The maximum absolute atomic E-state index is 11.3. The van der Waals surface area contributed by atoms with E-state index in [1.165, 1.54) is 0 Å². The van der Waals surface area contributed by atoms with Crippen LogP contribution in [0.3, 0.4) is 0 Å². The summed E-state index contributed by atoms with van der Waals surface area (Å²) in [4.78, 5) is 11.3. The monoisotopic (exact) mass is 184 g/mol. The highest BCUT2D eigenvalue weighted by Gasteiger charge is 2.52. The summed E-state index contributed by atoms with van der Waals surface area (Å²) in [7, 11) is 0. The second-order valence-corrected chi connectivity index (χ2v) is 5.18. The van der Waals surface area contributed by atoms with E-state index in [-0.39, 0.29) is 11.3 Å². The van der Waals surface area contributed by atoms with Gasteiger partial charge >= 0.3 is 5.97 Å². The summed E-state index contributed by atoms with van der Waals surface area (Å²) in [6, 6.07) is 0. The first-order chi connectivity index (χ1) is 5.82. The molecule has 1 fully saturated rings. The van der Waals surface area contributed by atoms with E-state index in [1.807, 2.05) is 6.92 Å². The molecule has 0 aromatic heterocycles. The minimum atomic E-state index is -0.635. The molecular weight excluding hydrogens is 164 g/mol. The summed E-state index contributed by atoms with van der Waals surface area (Å²) >= 11 is 0. The Balaban J connectivity index is 3.05. The van der Waals surface area contributed by atoms with Crippen LogP contribution in [0.2, 0.25) is 0 Å². The van der Waals surface area contributed by atoms with Gasteiger partial charge in [0.25, 0.3) is 0 Å². The van der Waals surface area contributed by atoms with Crippen LogP contribution in [-0.2, 0) is 4.79 Å². The first-order valence-electron chi connectivity index (χ1n) is 5.06. The summed E-state index contributed by atoms with van der Waals surface area (Å²) in [6.45, 7) is 8.13. The van der Waals surface area contributed by atoms with E-state index in [4.69, 9.17) is 0 Å². The third-order valence-corrected chi connectivity index (χ3v) is 4.27. The average Bonchev–Trinajstić information content (AvgIpc) is 1.99. The van der Waals surface area contributed by atoms with Crippen LogP contribution in [0.15, 0.2) is 0 Å². The molecule has 0 spiro atoms. The molecule has 0 aromatic carbocycles. The second kappa shape index (κ2) is 3.00. The number of hydrogen-bond acceptors (Lipinski definition) is 1. The van der Waals surface area contributed by atoms with Crippen molar-refractivity contribution in [1.29, 1.82) is 0 Å². The van der Waals surface area contributed by atoms with E-state index in [0.717, 1.165) is 19.3 Å². The molecule has 1 rings (SSSR count). The van der Waals surface area contributed by atoms with Crippen molar-refractivity contribution in [3.63, 3.8) is 0 Å². The van der Waals surface area contributed by atoms with Crippen LogP contribution in [-0.4, -0.2) is 11.1 Å². The Kier molecular flexibility index (Phi) is 2.44. The Morgan fingerprint density at radius 3 is 2.23 bits per heavy atom. The summed E-state index contributed by atoms with van der Waals surface area (Å²) in [6.07, 6.45) is 3.24. The highest BCUT2D eigenvalue weighted by Crippen LogP contribution is 2.53. The van der Waals surface area contributed by atoms with Crippen molar-refractivity contribution in [2.24, 2.45) is 16.7 Å². The number of carboxylic acid groups (broad SMARTS) is 1. The fourth-order valence-corrected chi connectivity index (χ4v) is 2.57. The quantitative estimate of drug-likeness (QED) is 0.680. The molecule has 2 heteroatoms. The molecule has 0 aromatic rings. The van der Waals surface area contributed by atoms with Gasteiger partial charge in [-0.15, -0.1) is 0 Å². The maximum Gasteiger partial charge on any atom is 0.310 e. The van der Waals surface area contributed by atoms with Crippen LogP contribution in [0.4, 0.5) is 0 Å². The molecule has 2 nitrogen and oxygen atoms in total. The van der Waals surface area contributed by atoms with Gasteiger partial charge in [-0.25, -0.2) is 0 Å². The largest absolute Gasteiger partial charge is 0.481 e. The van der Waals surface area contributed by atoms with Crippen molar-refractivity contribution < 1.29 is 9.90 Å². The fourth-order valence-electron chi connectivity index (χ4n) is 2.57. The van der Waals surface area contributed by atoms with Gasteiger partial charge in [-0.3, -0.25) is 4.79 Å². The van der Waals surface area contributed by atoms with E-state index in [2.05, 4.69) is 20.8 Å². The lowest BCUT2D eigenvalue weighted by Crippen LogP contribution is -2.49. The summed E-state index contributed by atoms with van der Waals surface area (Å²) in [5.74, 6) is -0.349. The lowest BCUT2D eigenvalue weighted by molar-refractivity contribution is -0.164. The molecule has 0 bridgehead atoms. The molecule has 1 aliphatic carbocycles. The van der Waals surface area contributed by atoms with Gasteiger partial charge in [-0.05, 0) is 31.1 Å². The van der Waals surface area contributed by atoms with Gasteiger partial charge in [-0.2, -0.15) is 0 Å². The predicted molar refractivity (Wildman–Crippen MR) is 52.5 cm³/mol. The molecular formula is C11H20O2. The van der Waals surface area contributed by atoms with Gasteiger partial charge in [0.05, 0.1) is 5.41 Å². The molecule has 13 heavy (non-hydrogen) atoms. The molecule has 0 saturated heterocycles. The Morgan fingerprint density at radius 1 is 1.38 bits per heavy atom. The van der Waals surface area contributed by atoms with Crippen molar-refractivity contribution in [1.82, 2.24) is 0 Å². The third kappa shape index (κ3) is 1.36. The number of rotatable bonds is 1. The maximum atomic E-state index is 11.3. The van der Waals surface area contributed by atoms with Crippen molar-refractivity contribution >= 4 is 5.97 Å². The van der Waals surface area contributed by atoms with E-state index in [1.54, 1.807) is 0 Å². The molecule has 0 radical (unpaired) electrons. The zero-order valence-electron chi connectivity index (χ0n) is 9.05. The Morgan fingerprint density at radius 2 is 1.92 bits per heavy atom. The van der Waals surface area contributed by atoms with Crippen molar-refractivity contribution in [3.05, 3.63) is 0 Å². The molecule has 0 amide bonds. The van der Waals surface area contributed by atoms with Crippen molar-refractivity contribution in [2.45, 2.75) is 47.0 Å². The van der Waals surface area contributed by atoms with Crippen LogP contribution in [0, 0.1) is 16.7 Å². The zero-order chi connectivity index (χ0) is 10.3. The number of aliphatic carboxylic acids is 1. The number of carbonyl (C=O) groups is 1. The van der Waals surface area contributed by atoms with Gasteiger partial charge in [0.15, 0.2) is 0 Å². The van der Waals surface area contributed by atoms with Crippen molar-refractivity contribution in [2.75, 3.05) is 0 Å². The van der Waals surface area contributed by atoms with E-state index in [9.17, 15) is 9.90 Å². The molecule has 1 aliphatic rings. The average molecular weight is 184 g/mol. The first kappa shape index (κ1) is 10.6. The lowest BCUT2D eigenvalue weighted by atomic mass is 9.54. The fraction of sp³-hybridized carbons (Fsp3) is 0.909. The summed E-state index contributed by atoms with van der Waals surface area (Å²) < 4.78 is 0. The van der Waals surface area contributed by atoms with Crippen LogP contribution >= 0.6 is 0 Å². The predicted octanol–water partition coefficient (Wildman–Crippen LogP) is 2.92. The SMILES string of the molecule is CC1CCCC(C)(C)C1(C)C(=O)O. The van der Waals surface area contributed by atoms with Crippen LogP contribution < -0.4 is 0 Å². The Labute approximate surface area is 80.3 Å². The molecule has 0 aliphatic heterocycles. The smallest absolute Gasteiger partial charge is 0.310 e. The molecule has 0 heterocycles. The van der Waals surface area contributed by atoms with Gasteiger partial charge in [0, 0.05) is 0 Å². The van der Waals surface area contributed by atoms with Crippen molar-refractivity contribution in [3.8, 4) is 0 Å². The van der Waals surface area contributed by atoms with Gasteiger partial charge < -0.3 is 5.11 Å². The molecule has 76 valence electrons. The van der Waals surface area contributed by atoms with E-state index < -0.39 is 11.4 Å². The van der Waals surface area contributed by atoms with Gasteiger partial charge in [0.1, 0.15) is 0 Å². The Bertz CT molecular complexity index is 220. The standard InChI is InChI=1S/C11H20O2/c1-8-6-5-7-10(2,3)11(8,4)9(12)13/h8H,5-7H2,1-4H3,(H,12,13). The second-order valence-electron chi connectivity index (χ2n) is 5.18. The highest BCUT2D eigenvalue weighted by molar-refractivity contribution is 5.75. The van der Waals surface area contributed by atoms with Crippen LogP contribution in [0.25, 0.3) is 0 Å². The molecule has 2 unspecified atom stereocenters. The lowest BCUT2D eigenvalue weighted by Gasteiger charge is -2.49. The summed E-state index contributed by atoms with van der Waals surface area (Å²) in [5.41, 5.74) is -0.623. The highest BCUT2D eigenvalue weighted by atomic mass is 16.4. The molecule has 1 saturated carbocycles. The molecule has 2 atom stereocenters. The molecule has 1 N–H and O–H groups in total. The normalized spacial score (nSPS) is 38.6. The van der Waals surface area contributed by atoms with Crippen LogP contribution in [0.1, 0.15) is 47.0 Å². The minimum Gasteiger partial charge on any atom is -0.481 e. The van der Waals surface area contributed by atoms with Crippen LogP contribution in [0.5, 0.6) is 0 Å². The zero-order valence-corrected chi connectivity index (χ0v) is 9.05. The first-order valence-corrected chi connectivity index (χ1v) is 5.06. The van der Waals surface area contributed by atoms with Gasteiger partial charge in [0.2, 0.25) is 0 Å². The van der Waals surface area contributed by atoms with E-state index >= 15 is 0 Å². The van der Waals surface area contributed by atoms with E-state index in [0.29, 0.717) is 0 Å². The number of carboxylic acids is 1. The Hall–Kier alpha value is -0.530. The topological polar surface area (TPSA) is 37.3 Å². The summed E-state index contributed by atoms with van der Waals surface area (Å²) in [5, 5.41) is 9.30. The number of hydrogen-bond donors (Lipinski definition) is 1. The van der Waals surface area contributed by atoms with Gasteiger partial charge in [-0.1, -0.05) is 27.2 Å². The third-order valence-electron chi connectivity index (χ3n) is 4.27. The minimum absolute atomic E-state index is 0.0729.